The van der Waals surface area contributed by atoms with Crippen LogP contribution in [0.25, 0.3) is 0 Å². The first-order valence-corrected chi connectivity index (χ1v) is 7.03. The number of ether oxygens (including phenoxy) is 2. The summed E-state index contributed by atoms with van der Waals surface area (Å²) in [6.45, 7) is 4.82. The third-order valence-corrected chi connectivity index (χ3v) is 3.06. The minimum Gasteiger partial charge on any atom is -0.491 e. The van der Waals surface area contributed by atoms with E-state index in [4.69, 9.17) is 15.2 Å². The van der Waals surface area contributed by atoms with Gasteiger partial charge in [0.1, 0.15) is 17.2 Å². The zero-order chi connectivity index (χ0) is 14.4. The van der Waals surface area contributed by atoms with E-state index in [9.17, 15) is 0 Å². The molecule has 0 bridgehead atoms. The van der Waals surface area contributed by atoms with Crippen molar-refractivity contribution >= 4 is 5.69 Å². The molecule has 106 valence electrons. The number of para-hydroxylation sites is 2. The highest BCUT2D eigenvalue weighted by Gasteiger charge is 2.09. The highest BCUT2D eigenvalue weighted by atomic mass is 16.5. The van der Waals surface area contributed by atoms with Gasteiger partial charge >= 0.3 is 0 Å². The number of anilines is 1. The lowest BCUT2D eigenvalue weighted by Crippen LogP contribution is -2.01. The van der Waals surface area contributed by atoms with Crippen LogP contribution in [0.4, 0.5) is 5.69 Å². The number of benzene rings is 2. The molecule has 0 amide bonds. The Morgan fingerprint density at radius 3 is 2.35 bits per heavy atom. The average Bonchev–Trinajstić information content (AvgIpc) is 2.48. The van der Waals surface area contributed by atoms with Crippen LogP contribution in [-0.4, -0.2) is 6.61 Å². The van der Waals surface area contributed by atoms with Crippen LogP contribution in [0.1, 0.15) is 25.8 Å². The molecule has 2 N–H and O–H groups in total. The zero-order valence-corrected chi connectivity index (χ0v) is 12.1. The van der Waals surface area contributed by atoms with Gasteiger partial charge in [-0.1, -0.05) is 38.1 Å². The van der Waals surface area contributed by atoms with Crippen LogP contribution in [0.15, 0.2) is 42.5 Å². The van der Waals surface area contributed by atoms with Gasteiger partial charge in [0.15, 0.2) is 5.75 Å². The molecule has 0 aliphatic rings. The van der Waals surface area contributed by atoms with Gasteiger partial charge in [0.25, 0.3) is 0 Å². The second kappa shape index (κ2) is 6.85. The summed E-state index contributed by atoms with van der Waals surface area (Å²) in [5, 5.41) is 0. The van der Waals surface area contributed by atoms with Gasteiger partial charge in [-0.2, -0.15) is 0 Å². The fourth-order valence-corrected chi connectivity index (χ4v) is 1.96. The molecule has 0 spiro atoms. The summed E-state index contributed by atoms with van der Waals surface area (Å²) >= 11 is 0. The molecule has 0 aliphatic heterocycles. The Morgan fingerprint density at radius 2 is 1.60 bits per heavy atom. The van der Waals surface area contributed by atoms with Crippen LogP contribution < -0.4 is 15.2 Å². The molecule has 2 rings (SSSR count). The molecule has 0 aromatic heterocycles. The van der Waals surface area contributed by atoms with Gasteiger partial charge in [-0.3, -0.25) is 0 Å². The smallest absolute Gasteiger partial charge is 0.154 e. The zero-order valence-electron chi connectivity index (χ0n) is 12.1. The van der Waals surface area contributed by atoms with E-state index in [-0.39, 0.29) is 0 Å². The molecular formula is C17H21NO2. The second-order valence-electron chi connectivity index (χ2n) is 4.58. The van der Waals surface area contributed by atoms with Crippen molar-refractivity contribution in [2.24, 2.45) is 0 Å². The number of nitrogens with two attached hydrogens (primary N) is 1. The molecule has 3 heteroatoms. The first kappa shape index (κ1) is 14.3. The fraction of sp³-hybridized carbons (Fsp3) is 0.294. The van der Waals surface area contributed by atoms with E-state index >= 15 is 0 Å². The minimum atomic E-state index is 0.548. The van der Waals surface area contributed by atoms with Crippen LogP contribution in [0.5, 0.6) is 17.2 Å². The van der Waals surface area contributed by atoms with Crippen molar-refractivity contribution in [3.63, 3.8) is 0 Å². The van der Waals surface area contributed by atoms with Crippen molar-refractivity contribution in [2.45, 2.75) is 26.7 Å². The minimum absolute atomic E-state index is 0.548. The molecule has 0 radical (unpaired) electrons. The molecule has 0 atom stereocenters. The standard InChI is InChI=1S/C17H21NO2/c1-3-12-19-15-10-7-11-16(17(15)18)20-14-9-6-5-8-13(14)4-2/h5-11H,3-4,12,18H2,1-2H3. The van der Waals surface area contributed by atoms with Gasteiger partial charge in [0, 0.05) is 0 Å². The maximum absolute atomic E-state index is 6.11. The molecule has 20 heavy (non-hydrogen) atoms. The van der Waals surface area contributed by atoms with E-state index in [0.717, 1.165) is 24.2 Å². The lowest BCUT2D eigenvalue weighted by atomic mass is 10.1. The van der Waals surface area contributed by atoms with E-state index < -0.39 is 0 Å². The summed E-state index contributed by atoms with van der Waals surface area (Å²) in [5.74, 6) is 2.16. The molecule has 0 unspecified atom stereocenters. The Balaban J connectivity index is 2.25. The maximum atomic E-state index is 6.11. The monoisotopic (exact) mass is 271 g/mol. The largest absolute Gasteiger partial charge is 0.491 e. The van der Waals surface area contributed by atoms with Crippen LogP contribution in [-0.2, 0) is 6.42 Å². The summed E-state index contributed by atoms with van der Waals surface area (Å²) in [6.07, 6.45) is 1.87. The summed E-state index contributed by atoms with van der Waals surface area (Å²) in [4.78, 5) is 0. The van der Waals surface area contributed by atoms with Crippen LogP contribution >= 0.6 is 0 Å². The molecular weight excluding hydrogens is 250 g/mol. The Labute approximate surface area is 120 Å². The fourth-order valence-electron chi connectivity index (χ4n) is 1.96. The van der Waals surface area contributed by atoms with Crippen molar-refractivity contribution < 1.29 is 9.47 Å². The Bertz CT molecular complexity index is 567. The highest BCUT2D eigenvalue weighted by Crippen LogP contribution is 2.35. The van der Waals surface area contributed by atoms with Gasteiger partial charge in [-0.15, -0.1) is 0 Å². The van der Waals surface area contributed by atoms with Gasteiger partial charge < -0.3 is 15.2 Å². The average molecular weight is 271 g/mol. The SMILES string of the molecule is CCCOc1cccc(Oc2ccccc2CC)c1N. The number of hydrogen-bond acceptors (Lipinski definition) is 3. The van der Waals surface area contributed by atoms with E-state index in [1.54, 1.807) is 0 Å². The molecule has 0 fully saturated rings. The topological polar surface area (TPSA) is 44.5 Å². The third-order valence-electron chi connectivity index (χ3n) is 3.06. The van der Waals surface area contributed by atoms with Gasteiger partial charge in [0.2, 0.25) is 0 Å². The van der Waals surface area contributed by atoms with Crippen LogP contribution in [0.2, 0.25) is 0 Å². The molecule has 2 aromatic carbocycles. The van der Waals surface area contributed by atoms with Crippen molar-refractivity contribution in [3.8, 4) is 17.2 Å². The van der Waals surface area contributed by atoms with E-state index in [0.29, 0.717) is 23.8 Å². The lowest BCUT2D eigenvalue weighted by Gasteiger charge is -2.14. The number of rotatable bonds is 6. The van der Waals surface area contributed by atoms with Gasteiger partial charge in [-0.05, 0) is 36.6 Å². The third kappa shape index (κ3) is 3.23. The maximum Gasteiger partial charge on any atom is 0.154 e. The van der Waals surface area contributed by atoms with Crippen molar-refractivity contribution in [3.05, 3.63) is 48.0 Å². The van der Waals surface area contributed by atoms with Crippen molar-refractivity contribution in [1.29, 1.82) is 0 Å². The van der Waals surface area contributed by atoms with Crippen LogP contribution in [0.3, 0.4) is 0 Å². The predicted molar refractivity (Wildman–Crippen MR) is 82.5 cm³/mol. The van der Waals surface area contributed by atoms with E-state index in [1.165, 1.54) is 0 Å². The quantitative estimate of drug-likeness (QED) is 0.791. The van der Waals surface area contributed by atoms with Crippen LogP contribution in [0, 0.1) is 0 Å². The number of hydrogen-bond donors (Lipinski definition) is 1. The molecule has 0 saturated heterocycles. The molecule has 2 aromatic rings. The molecule has 0 heterocycles. The summed E-state index contributed by atoms with van der Waals surface area (Å²) in [7, 11) is 0. The first-order valence-electron chi connectivity index (χ1n) is 7.03. The Kier molecular flexibility index (Phi) is 4.88. The molecule has 0 aliphatic carbocycles. The second-order valence-corrected chi connectivity index (χ2v) is 4.58. The summed E-state index contributed by atoms with van der Waals surface area (Å²) in [6, 6.07) is 13.6. The van der Waals surface area contributed by atoms with E-state index in [2.05, 4.69) is 19.9 Å². The number of aryl methyl sites for hydroxylation is 1. The Morgan fingerprint density at radius 1 is 0.900 bits per heavy atom. The summed E-state index contributed by atoms with van der Waals surface area (Å²) in [5.41, 5.74) is 7.82. The number of nitrogen functional groups attached to an aromatic ring is 1. The Hall–Kier alpha value is -2.16. The normalized spacial score (nSPS) is 10.3. The predicted octanol–water partition coefficient (Wildman–Crippen LogP) is 4.41. The van der Waals surface area contributed by atoms with Gasteiger partial charge in [-0.25, -0.2) is 0 Å². The lowest BCUT2D eigenvalue weighted by molar-refractivity contribution is 0.318. The summed E-state index contributed by atoms with van der Waals surface area (Å²) < 4.78 is 11.6. The molecule has 0 saturated carbocycles. The van der Waals surface area contributed by atoms with Crippen molar-refractivity contribution in [1.82, 2.24) is 0 Å². The molecule has 3 nitrogen and oxygen atoms in total. The highest BCUT2D eigenvalue weighted by molar-refractivity contribution is 5.63. The van der Waals surface area contributed by atoms with E-state index in [1.807, 2.05) is 36.4 Å². The first-order chi connectivity index (χ1) is 9.76. The van der Waals surface area contributed by atoms with Gasteiger partial charge in [0.05, 0.1) is 6.61 Å². The van der Waals surface area contributed by atoms with Crippen molar-refractivity contribution in [2.75, 3.05) is 12.3 Å².